The molecule has 0 aliphatic heterocycles. The van der Waals surface area contributed by atoms with E-state index >= 15 is 0 Å². The first-order valence-electron chi connectivity index (χ1n) is 5.72. The fourth-order valence-corrected chi connectivity index (χ4v) is 1.69. The molecule has 0 aliphatic carbocycles. The normalized spacial score (nSPS) is 10.5. The maximum atomic E-state index is 13.6. The summed E-state index contributed by atoms with van der Waals surface area (Å²) in [6.07, 6.45) is 0. The molecule has 0 amide bonds. The van der Waals surface area contributed by atoms with Crippen LogP contribution in [0.5, 0.6) is 5.75 Å². The Bertz CT molecular complexity index is 640. The smallest absolute Gasteiger partial charge is 0.268 e. The molecule has 0 aliphatic rings. The molecule has 6 heteroatoms. The van der Waals surface area contributed by atoms with Crippen molar-refractivity contribution in [3.05, 3.63) is 46.5 Å². The molecule has 100 valence electrons. The van der Waals surface area contributed by atoms with E-state index in [1.165, 1.54) is 30.0 Å². The molecule has 1 aromatic carbocycles. The Hall–Kier alpha value is -2.21. The number of aromatic nitrogens is 2. The lowest BCUT2D eigenvalue weighted by atomic mass is 10.1. The lowest BCUT2D eigenvalue weighted by Gasteiger charge is -2.07. The summed E-state index contributed by atoms with van der Waals surface area (Å²) in [7, 11) is 3.12. The second kappa shape index (κ2) is 5.62. The Kier molecular flexibility index (Phi) is 3.91. The topological polar surface area (TPSA) is 56.1 Å². The van der Waals surface area contributed by atoms with E-state index in [1.807, 2.05) is 0 Å². The highest BCUT2D eigenvalue weighted by atomic mass is 19.1. The molecule has 1 N–H and O–H groups in total. The summed E-state index contributed by atoms with van der Waals surface area (Å²) in [4.78, 5) is 11.5. The first-order valence-corrected chi connectivity index (χ1v) is 5.72. The van der Waals surface area contributed by atoms with Gasteiger partial charge >= 0.3 is 0 Å². The van der Waals surface area contributed by atoms with E-state index in [-0.39, 0.29) is 11.3 Å². The van der Waals surface area contributed by atoms with Crippen LogP contribution in [0, 0.1) is 5.82 Å². The summed E-state index contributed by atoms with van der Waals surface area (Å²) in [6, 6.07) is 7.52. The Morgan fingerprint density at radius 1 is 1.37 bits per heavy atom. The highest BCUT2D eigenvalue weighted by molar-refractivity contribution is 5.59. The van der Waals surface area contributed by atoms with Gasteiger partial charge in [0.2, 0.25) is 0 Å². The van der Waals surface area contributed by atoms with Crippen LogP contribution in [0.2, 0.25) is 0 Å². The Balaban J connectivity index is 2.44. The van der Waals surface area contributed by atoms with Crippen molar-refractivity contribution in [3.8, 4) is 17.0 Å². The highest BCUT2D eigenvalue weighted by Crippen LogP contribution is 2.23. The van der Waals surface area contributed by atoms with Crippen LogP contribution in [0.4, 0.5) is 4.39 Å². The van der Waals surface area contributed by atoms with E-state index < -0.39 is 5.82 Å². The van der Waals surface area contributed by atoms with E-state index in [4.69, 9.17) is 4.74 Å². The van der Waals surface area contributed by atoms with Gasteiger partial charge in [0, 0.05) is 11.6 Å². The largest absolute Gasteiger partial charge is 0.494 e. The van der Waals surface area contributed by atoms with Gasteiger partial charge < -0.3 is 10.1 Å². The molecule has 2 rings (SSSR count). The molecule has 0 radical (unpaired) electrons. The molecule has 0 bridgehead atoms. The van der Waals surface area contributed by atoms with E-state index in [0.29, 0.717) is 17.9 Å². The van der Waals surface area contributed by atoms with E-state index in [2.05, 4.69) is 10.4 Å². The minimum absolute atomic E-state index is 0.173. The van der Waals surface area contributed by atoms with Crippen LogP contribution in [-0.2, 0) is 6.67 Å². The zero-order valence-electron chi connectivity index (χ0n) is 10.7. The fraction of sp³-hybridized carbons (Fsp3) is 0.231. The molecule has 5 nitrogen and oxygen atoms in total. The van der Waals surface area contributed by atoms with Gasteiger partial charge in [-0.2, -0.15) is 5.10 Å². The molecule has 1 aromatic heterocycles. The minimum Gasteiger partial charge on any atom is -0.494 e. The first-order chi connectivity index (χ1) is 9.15. The van der Waals surface area contributed by atoms with Crippen LogP contribution in [0.15, 0.2) is 35.1 Å². The lowest BCUT2D eigenvalue weighted by molar-refractivity contribution is 0.386. The lowest BCUT2D eigenvalue weighted by Crippen LogP contribution is -2.27. The summed E-state index contributed by atoms with van der Waals surface area (Å²) in [5.41, 5.74) is 0.895. The van der Waals surface area contributed by atoms with Crippen molar-refractivity contribution in [1.82, 2.24) is 15.1 Å². The summed E-state index contributed by atoms with van der Waals surface area (Å²) < 4.78 is 19.8. The van der Waals surface area contributed by atoms with Gasteiger partial charge in [0.15, 0.2) is 11.6 Å². The molecule has 0 atom stereocenters. The van der Waals surface area contributed by atoms with Gasteiger partial charge in [0.1, 0.15) is 0 Å². The molecule has 2 aromatic rings. The quantitative estimate of drug-likeness (QED) is 0.901. The minimum atomic E-state index is -0.465. The van der Waals surface area contributed by atoms with Crippen molar-refractivity contribution in [3.63, 3.8) is 0 Å². The van der Waals surface area contributed by atoms with Gasteiger partial charge in [-0.15, -0.1) is 0 Å². The number of rotatable bonds is 4. The number of hydrogen-bond donors (Lipinski definition) is 1. The van der Waals surface area contributed by atoms with Crippen LogP contribution in [-0.4, -0.2) is 23.9 Å². The number of nitrogens with zero attached hydrogens (tertiary/aromatic N) is 2. The summed E-state index contributed by atoms with van der Waals surface area (Å²) in [5, 5.41) is 7.00. The highest BCUT2D eigenvalue weighted by Gasteiger charge is 2.07. The standard InChI is InChI=1S/C13H14FN3O2/c1-15-8-17-13(18)6-4-11(16-17)9-3-5-12(19-2)10(14)7-9/h3-7,15H,8H2,1-2H3. The van der Waals surface area contributed by atoms with Gasteiger partial charge in [0.25, 0.3) is 5.56 Å². The van der Waals surface area contributed by atoms with Crippen molar-refractivity contribution in [2.24, 2.45) is 0 Å². The molecule has 0 saturated heterocycles. The molecule has 19 heavy (non-hydrogen) atoms. The van der Waals surface area contributed by atoms with Crippen LogP contribution in [0.1, 0.15) is 0 Å². The fourth-order valence-electron chi connectivity index (χ4n) is 1.69. The second-order valence-corrected chi connectivity index (χ2v) is 3.92. The van der Waals surface area contributed by atoms with E-state index in [0.717, 1.165) is 0 Å². The zero-order chi connectivity index (χ0) is 13.8. The van der Waals surface area contributed by atoms with Crippen LogP contribution in [0.25, 0.3) is 11.3 Å². The molecule has 1 heterocycles. The number of nitrogens with one attached hydrogen (secondary N) is 1. The van der Waals surface area contributed by atoms with Crippen molar-refractivity contribution in [2.45, 2.75) is 6.67 Å². The summed E-state index contributed by atoms with van der Waals surface area (Å²) in [6.45, 7) is 0.297. The number of benzene rings is 1. The average molecular weight is 263 g/mol. The molecular weight excluding hydrogens is 249 g/mol. The monoisotopic (exact) mass is 263 g/mol. The van der Waals surface area contributed by atoms with Crippen LogP contribution < -0.4 is 15.6 Å². The number of methoxy groups -OCH3 is 1. The maximum absolute atomic E-state index is 13.6. The molecule has 0 saturated carbocycles. The zero-order valence-corrected chi connectivity index (χ0v) is 10.7. The number of halogens is 1. The van der Waals surface area contributed by atoms with Crippen molar-refractivity contribution in [2.75, 3.05) is 14.2 Å². The first kappa shape index (κ1) is 13.2. The Morgan fingerprint density at radius 3 is 2.79 bits per heavy atom. The Morgan fingerprint density at radius 2 is 2.16 bits per heavy atom. The molecule has 0 unspecified atom stereocenters. The third kappa shape index (κ3) is 2.79. The predicted molar refractivity (Wildman–Crippen MR) is 69.5 cm³/mol. The van der Waals surface area contributed by atoms with Crippen LogP contribution in [0.3, 0.4) is 0 Å². The van der Waals surface area contributed by atoms with Gasteiger partial charge in [-0.1, -0.05) is 0 Å². The average Bonchev–Trinajstić information content (AvgIpc) is 2.41. The van der Waals surface area contributed by atoms with Crippen molar-refractivity contribution >= 4 is 0 Å². The summed E-state index contributed by atoms with van der Waals surface area (Å²) >= 11 is 0. The number of hydrogen-bond acceptors (Lipinski definition) is 4. The second-order valence-electron chi connectivity index (χ2n) is 3.92. The third-order valence-electron chi connectivity index (χ3n) is 2.62. The van der Waals surface area contributed by atoms with Gasteiger partial charge in [0.05, 0.1) is 19.5 Å². The van der Waals surface area contributed by atoms with Crippen LogP contribution >= 0.6 is 0 Å². The third-order valence-corrected chi connectivity index (χ3v) is 2.62. The van der Waals surface area contributed by atoms with Gasteiger partial charge in [-0.05, 0) is 31.3 Å². The predicted octanol–water partition coefficient (Wildman–Crippen LogP) is 1.23. The summed E-state index contributed by atoms with van der Waals surface area (Å²) in [5.74, 6) is -0.291. The van der Waals surface area contributed by atoms with Gasteiger partial charge in [-0.3, -0.25) is 4.79 Å². The molecule has 0 spiro atoms. The van der Waals surface area contributed by atoms with Crippen molar-refractivity contribution in [1.29, 1.82) is 0 Å². The Labute approximate surface area is 109 Å². The SMILES string of the molecule is CNCn1nc(-c2ccc(OC)c(F)c2)ccc1=O. The van der Waals surface area contributed by atoms with E-state index in [1.54, 1.807) is 19.2 Å². The maximum Gasteiger partial charge on any atom is 0.268 e. The van der Waals surface area contributed by atoms with E-state index in [9.17, 15) is 9.18 Å². The van der Waals surface area contributed by atoms with Gasteiger partial charge in [-0.25, -0.2) is 9.07 Å². The number of ether oxygens (including phenoxy) is 1. The molecule has 0 fully saturated rings. The molecular formula is C13H14FN3O2. The van der Waals surface area contributed by atoms with Crippen molar-refractivity contribution < 1.29 is 9.13 Å².